The molecule has 1 saturated heterocycles. The third-order valence-corrected chi connectivity index (χ3v) is 4.43. The van der Waals surface area contributed by atoms with Crippen molar-refractivity contribution in [1.82, 2.24) is 4.90 Å². The highest BCUT2D eigenvalue weighted by Gasteiger charge is 2.29. The summed E-state index contributed by atoms with van der Waals surface area (Å²) in [6, 6.07) is 7.59. The minimum atomic E-state index is 0.320. The second-order valence-corrected chi connectivity index (χ2v) is 5.94. The van der Waals surface area contributed by atoms with Gasteiger partial charge in [-0.05, 0) is 57.7 Å². The van der Waals surface area contributed by atoms with Gasteiger partial charge in [0.1, 0.15) is 0 Å². The van der Waals surface area contributed by atoms with Crippen molar-refractivity contribution in [3.63, 3.8) is 0 Å². The Bertz CT molecular complexity index is 412. The van der Waals surface area contributed by atoms with Crippen LogP contribution in [0.3, 0.4) is 0 Å². The predicted molar refractivity (Wildman–Crippen MR) is 77.7 cm³/mol. The fourth-order valence-electron chi connectivity index (χ4n) is 3.00. The topological polar surface area (TPSA) is 29.3 Å². The summed E-state index contributed by atoms with van der Waals surface area (Å²) in [7, 11) is 0. The summed E-state index contributed by atoms with van der Waals surface area (Å²) < 4.78 is 0. The maximum absolute atomic E-state index is 6.03. The predicted octanol–water partition coefficient (Wildman–Crippen LogP) is 3.03. The Balaban J connectivity index is 2.12. The van der Waals surface area contributed by atoms with Crippen LogP contribution in [0.4, 0.5) is 0 Å². The van der Waals surface area contributed by atoms with Crippen molar-refractivity contribution < 1.29 is 0 Å². The van der Waals surface area contributed by atoms with Gasteiger partial charge in [-0.25, -0.2) is 0 Å². The summed E-state index contributed by atoms with van der Waals surface area (Å²) in [5, 5.41) is 0. The van der Waals surface area contributed by atoms with Gasteiger partial charge in [0.2, 0.25) is 0 Å². The van der Waals surface area contributed by atoms with Crippen molar-refractivity contribution in [3.8, 4) is 0 Å². The molecule has 0 spiro atoms. The van der Waals surface area contributed by atoms with Crippen molar-refractivity contribution in [1.29, 1.82) is 0 Å². The van der Waals surface area contributed by atoms with Crippen LogP contribution in [0.15, 0.2) is 18.2 Å². The first-order chi connectivity index (χ1) is 8.49. The molecule has 3 unspecified atom stereocenters. The van der Waals surface area contributed by atoms with Gasteiger partial charge in [-0.1, -0.05) is 23.8 Å². The zero-order valence-electron chi connectivity index (χ0n) is 12.1. The average molecular weight is 246 g/mol. The third-order valence-electron chi connectivity index (χ3n) is 4.43. The molecule has 0 amide bonds. The van der Waals surface area contributed by atoms with Gasteiger partial charge < -0.3 is 5.73 Å². The van der Waals surface area contributed by atoms with Gasteiger partial charge in [0.25, 0.3) is 0 Å². The number of aryl methyl sites for hydroxylation is 2. The average Bonchev–Trinajstić information content (AvgIpc) is 2.81. The molecule has 1 aliphatic heterocycles. The molecule has 0 bridgehead atoms. The first-order valence-electron chi connectivity index (χ1n) is 7.06. The number of likely N-dealkylation sites (tertiary alicyclic amines) is 1. The van der Waals surface area contributed by atoms with E-state index in [4.69, 9.17) is 5.73 Å². The highest BCUT2D eigenvalue weighted by Crippen LogP contribution is 2.30. The van der Waals surface area contributed by atoms with Gasteiger partial charge in [-0.2, -0.15) is 0 Å². The van der Waals surface area contributed by atoms with Gasteiger partial charge >= 0.3 is 0 Å². The smallest absolute Gasteiger partial charge is 0.0322 e. The Kier molecular flexibility index (Phi) is 4.08. The Morgan fingerprint density at radius 1 is 1.28 bits per heavy atom. The van der Waals surface area contributed by atoms with Crippen LogP contribution in [-0.2, 0) is 0 Å². The molecule has 2 rings (SSSR count). The first-order valence-corrected chi connectivity index (χ1v) is 7.06. The van der Waals surface area contributed by atoms with Crippen molar-refractivity contribution in [2.75, 3.05) is 13.1 Å². The van der Waals surface area contributed by atoms with Gasteiger partial charge in [-0.15, -0.1) is 0 Å². The monoisotopic (exact) mass is 246 g/mol. The minimum Gasteiger partial charge on any atom is -0.328 e. The Labute approximate surface area is 111 Å². The second-order valence-electron chi connectivity index (χ2n) is 5.94. The molecule has 2 N–H and O–H groups in total. The molecular weight excluding hydrogens is 220 g/mol. The van der Waals surface area contributed by atoms with Crippen LogP contribution in [0.2, 0.25) is 0 Å². The number of hydrogen-bond donors (Lipinski definition) is 1. The zero-order chi connectivity index (χ0) is 13.3. The molecule has 0 aliphatic carbocycles. The van der Waals surface area contributed by atoms with E-state index in [2.05, 4.69) is 50.8 Å². The summed E-state index contributed by atoms with van der Waals surface area (Å²) in [6.07, 6.45) is 1.24. The normalized spacial score (nSPS) is 24.2. The summed E-state index contributed by atoms with van der Waals surface area (Å²) in [5.74, 6) is 0.664. The molecule has 18 heavy (non-hydrogen) atoms. The van der Waals surface area contributed by atoms with E-state index in [9.17, 15) is 0 Å². The molecule has 1 aliphatic rings. The molecular formula is C16H26N2. The van der Waals surface area contributed by atoms with Gasteiger partial charge in [0, 0.05) is 18.6 Å². The lowest BCUT2D eigenvalue weighted by atomic mass is 9.98. The summed E-state index contributed by atoms with van der Waals surface area (Å²) in [6.45, 7) is 11.2. The van der Waals surface area contributed by atoms with E-state index in [0.717, 1.165) is 6.54 Å². The first kappa shape index (κ1) is 13.6. The Morgan fingerprint density at radius 2 is 2.00 bits per heavy atom. The third kappa shape index (κ3) is 2.76. The van der Waals surface area contributed by atoms with Crippen LogP contribution in [0.1, 0.15) is 43.0 Å². The maximum atomic E-state index is 6.03. The van der Waals surface area contributed by atoms with Gasteiger partial charge in [-0.3, -0.25) is 4.90 Å². The fourth-order valence-corrected chi connectivity index (χ4v) is 3.00. The van der Waals surface area contributed by atoms with E-state index < -0.39 is 0 Å². The largest absolute Gasteiger partial charge is 0.328 e. The van der Waals surface area contributed by atoms with Crippen LogP contribution in [0.5, 0.6) is 0 Å². The molecule has 2 nitrogen and oxygen atoms in total. The standard InChI is InChI=1S/C16H26N2/c1-11-5-6-12(2)16(9-11)14(4)18-8-7-15(10-18)13(3)17/h5-6,9,13-15H,7-8,10,17H2,1-4H3. The molecule has 1 aromatic carbocycles. The lowest BCUT2D eigenvalue weighted by Crippen LogP contribution is -2.31. The van der Waals surface area contributed by atoms with Crippen LogP contribution in [-0.4, -0.2) is 24.0 Å². The zero-order valence-corrected chi connectivity index (χ0v) is 12.1. The minimum absolute atomic E-state index is 0.320. The quantitative estimate of drug-likeness (QED) is 0.888. The van der Waals surface area contributed by atoms with E-state index in [1.165, 1.54) is 29.7 Å². The van der Waals surface area contributed by atoms with Crippen LogP contribution >= 0.6 is 0 Å². The van der Waals surface area contributed by atoms with Gasteiger partial charge in [0.05, 0.1) is 0 Å². The SMILES string of the molecule is Cc1ccc(C)c(C(C)N2CCC(C(C)N)C2)c1. The van der Waals surface area contributed by atoms with Crippen molar-refractivity contribution >= 4 is 0 Å². The fraction of sp³-hybridized carbons (Fsp3) is 0.625. The van der Waals surface area contributed by atoms with Crippen LogP contribution in [0.25, 0.3) is 0 Å². The molecule has 3 atom stereocenters. The summed E-state index contributed by atoms with van der Waals surface area (Å²) >= 11 is 0. The number of benzene rings is 1. The molecule has 0 saturated carbocycles. The van der Waals surface area contributed by atoms with E-state index in [0.29, 0.717) is 18.0 Å². The van der Waals surface area contributed by atoms with Crippen molar-refractivity contribution in [3.05, 3.63) is 34.9 Å². The second kappa shape index (κ2) is 5.41. The molecule has 100 valence electrons. The van der Waals surface area contributed by atoms with Crippen LogP contribution in [0, 0.1) is 19.8 Å². The van der Waals surface area contributed by atoms with E-state index in [1.807, 2.05) is 0 Å². The van der Waals surface area contributed by atoms with Crippen molar-refractivity contribution in [2.45, 2.75) is 46.2 Å². The lowest BCUT2D eigenvalue weighted by Gasteiger charge is -2.27. The Hall–Kier alpha value is -0.860. The number of rotatable bonds is 3. The summed E-state index contributed by atoms with van der Waals surface area (Å²) in [4.78, 5) is 2.58. The molecule has 1 fully saturated rings. The highest BCUT2D eigenvalue weighted by atomic mass is 15.2. The molecule has 0 aromatic heterocycles. The maximum Gasteiger partial charge on any atom is 0.0322 e. The number of nitrogens with zero attached hydrogens (tertiary/aromatic N) is 1. The lowest BCUT2D eigenvalue weighted by molar-refractivity contribution is 0.247. The van der Waals surface area contributed by atoms with Crippen molar-refractivity contribution in [2.24, 2.45) is 11.7 Å². The number of nitrogens with two attached hydrogens (primary N) is 1. The van der Waals surface area contributed by atoms with E-state index in [1.54, 1.807) is 0 Å². The van der Waals surface area contributed by atoms with Gasteiger partial charge in [0.15, 0.2) is 0 Å². The van der Waals surface area contributed by atoms with E-state index >= 15 is 0 Å². The highest BCUT2D eigenvalue weighted by molar-refractivity contribution is 5.32. The molecule has 2 heteroatoms. The van der Waals surface area contributed by atoms with Crippen LogP contribution < -0.4 is 5.73 Å². The number of hydrogen-bond acceptors (Lipinski definition) is 2. The Morgan fingerprint density at radius 3 is 2.61 bits per heavy atom. The molecule has 1 heterocycles. The van der Waals surface area contributed by atoms with E-state index in [-0.39, 0.29) is 0 Å². The summed E-state index contributed by atoms with van der Waals surface area (Å²) in [5.41, 5.74) is 10.3. The molecule has 1 aromatic rings. The molecule has 0 radical (unpaired) electrons.